The highest BCUT2D eigenvalue weighted by atomic mass is 15.2. The summed E-state index contributed by atoms with van der Waals surface area (Å²) in [6, 6.07) is 2.35. The van der Waals surface area contributed by atoms with E-state index in [1.165, 1.54) is 36.0 Å². The maximum absolute atomic E-state index is 4.80. The predicted octanol–water partition coefficient (Wildman–Crippen LogP) is 4.57. The molecule has 0 aromatic carbocycles. The minimum atomic E-state index is 0.328. The zero-order valence-electron chi connectivity index (χ0n) is 16.8. The third-order valence-electron chi connectivity index (χ3n) is 5.46. The van der Waals surface area contributed by atoms with Crippen LogP contribution in [0.4, 0.5) is 5.82 Å². The van der Waals surface area contributed by atoms with Crippen molar-refractivity contribution in [2.24, 2.45) is 10.8 Å². The number of nitrogens with zero attached hydrogens (tertiary/aromatic N) is 2. The number of aryl methyl sites for hydroxylation is 1. The molecule has 0 atom stereocenters. The van der Waals surface area contributed by atoms with Gasteiger partial charge in [-0.2, -0.15) is 0 Å². The van der Waals surface area contributed by atoms with Gasteiger partial charge >= 0.3 is 0 Å². The highest BCUT2D eigenvalue weighted by Crippen LogP contribution is 2.40. The number of anilines is 1. The van der Waals surface area contributed by atoms with Crippen molar-refractivity contribution in [1.29, 1.82) is 0 Å². The predicted molar refractivity (Wildman–Crippen MR) is 107 cm³/mol. The zero-order chi connectivity index (χ0) is 17.7. The summed E-state index contributed by atoms with van der Waals surface area (Å²) in [6.07, 6.45) is 5.63. The van der Waals surface area contributed by atoms with E-state index in [2.05, 4.69) is 72.6 Å². The van der Waals surface area contributed by atoms with Crippen LogP contribution < -0.4 is 10.4 Å². The number of aromatic nitrogens is 1. The van der Waals surface area contributed by atoms with E-state index in [1.54, 1.807) is 0 Å². The second kappa shape index (κ2) is 8.21. The molecule has 23 heavy (non-hydrogen) atoms. The minimum absolute atomic E-state index is 0.328. The van der Waals surface area contributed by atoms with Crippen LogP contribution in [0.1, 0.15) is 66.9 Å². The van der Waals surface area contributed by atoms with E-state index in [9.17, 15) is 0 Å². The Balaban J connectivity index is 2.84. The first kappa shape index (κ1) is 20.1. The molecule has 0 amide bonds. The molecule has 0 aliphatic carbocycles. The molecule has 0 aliphatic rings. The van der Waals surface area contributed by atoms with Crippen LogP contribution in [0, 0.1) is 17.8 Å². The first-order valence-corrected chi connectivity index (χ1v) is 9.33. The maximum Gasteiger partial charge on any atom is 0.160 e. The van der Waals surface area contributed by atoms with Gasteiger partial charge in [-0.05, 0) is 36.2 Å². The maximum atomic E-state index is 4.80. The average Bonchev–Trinajstić information content (AvgIpc) is 2.44. The van der Waals surface area contributed by atoms with Gasteiger partial charge in [-0.15, -0.1) is 0 Å². The fraction of sp³-hybridized carbons (Fsp3) is 0.750. The smallest absolute Gasteiger partial charge is 0.160 e. The summed E-state index contributed by atoms with van der Waals surface area (Å²) in [6.45, 7) is 20.7. The molecule has 2 nitrogen and oxygen atoms in total. The zero-order valence-corrected chi connectivity index (χ0v) is 16.8. The van der Waals surface area contributed by atoms with Crippen molar-refractivity contribution < 1.29 is 0 Å². The Hall–Kier alpha value is -0.985. The number of rotatable bonds is 8. The molecule has 1 rings (SSSR count). The second-order valence-electron chi connectivity index (χ2n) is 8.61. The molecule has 130 valence electrons. The van der Waals surface area contributed by atoms with Gasteiger partial charge < -0.3 is 4.90 Å². The third-order valence-corrected chi connectivity index (χ3v) is 5.46. The van der Waals surface area contributed by atoms with Crippen molar-refractivity contribution in [3.8, 4) is 0 Å². The molecule has 0 fully saturated rings. The molecular formula is C20H37BN2. The first-order chi connectivity index (χ1) is 10.6. The summed E-state index contributed by atoms with van der Waals surface area (Å²) in [7, 11) is 1.11. The van der Waals surface area contributed by atoms with E-state index in [0.29, 0.717) is 10.8 Å². The number of pyridine rings is 1. The first-order valence-electron chi connectivity index (χ1n) is 9.33. The van der Waals surface area contributed by atoms with Crippen LogP contribution in [0.15, 0.2) is 12.3 Å². The van der Waals surface area contributed by atoms with E-state index < -0.39 is 0 Å². The van der Waals surface area contributed by atoms with Crippen LogP contribution in [0.2, 0.25) is 6.32 Å². The molecule has 0 unspecified atom stereocenters. The summed E-state index contributed by atoms with van der Waals surface area (Å²) in [5.74, 6) is 1.17. The fourth-order valence-corrected chi connectivity index (χ4v) is 2.79. The van der Waals surface area contributed by atoms with Crippen LogP contribution in [0.3, 0.4) is 0 Å². The van der Waals surface area contributed by atoms with Gasteiger partial charge in [0.15, 0.2) is 7.28 Å². The summed E-state index contributed by atoms with van der Waals surface area (Å²) in [5.41, 5.74) is 3.35. The topological polar surface area (TPSA) is 16.1 Å². The number of hydrogen-bond donors (Lipinski definition) is 0. The normalized spacial score (nSPS) is 12.3. The fourth-order valence-electron chi connectivity index (χ4n) is 2.79. The molecule has 3 heteroatoms. The Morgan fingerprint density at radius 2 is 1.61 bits per heavy atom. The lowest BCUT2D eigenvalue weighted by atomic mass is 9.53. The summed E-state index contributed by atoms with van der Waals surface area (Å²) in [5, 5.41) is 0. The van der Waals surface area contributed by atoms with Gasteiger partial charge in [0, 0.05) is 19.3 Å². The summed E-state index contributed by atoms with van der Waals surface area (Å²) >= 11 is 0. The van der Waals surface area contributed by atoms with E-state index in [-0.39, 0.29) is 0 Å². The summed E-state index contributed by atoms with van der Waals surface area (Å²) in [4.78, 5) is 7.23. The van der Waals surface area contributed by atoms with Crippen molar-refractivity contribution in [1.82, 2.24) is 4.98 Å². The molecule has 0 bridgehead atoms. The molecule has 0 saturated carbocycles. The lowest BCUT2D eigenvalue weighted by Crippen LogP contribution is -2.33. The van der Waals surface area contributed by atoms with Crippen LogP contribution in [-0.4, -0.2) is 25.4 Å². The van der Waals surface area contributed by atoms with Crippen molar-refractivity contribution in [2.75, 3.05) is 18.0 Å². The molecular weight excluding hydrogens is 279 g/mol. The van der Waals surface area contributed by atoms with Crippen molar-refractivity contribution >= 4 is 18.6 Å². The highest BCUT2D eigenvalue weighted by Gasteiger charge is 2.32. The van der Waals surface area contributed by atoms with Gasteiger partial charge in [0.05, 0.1) is 0 Å². The molecule has 0 spiro atoms. The van der Waals surface area contributed by atoms with Crippen LogP contribution >= 0.6 is 0 Å². The quantitative estimate of drug-likeness (QED) is 0.653. The van der Waals surface area contributed by atoms with Gasteiger partial charge in [-0.1, -0.05) is 66.3 Å². The Morgan fingerprint density at radius 3 is 2.04 bits per heavy atom. The van der Waals surface area contributed by atoms with Crippen molar-refractivity contribution in [3.05, 3.63) is 17.8 Å². The van der Waals surface area contributed by atoms with E-state index in [4.69, 9.17) is 4.98 Å². The van der Waals surface area contributed by atoms with Gasteiger partial charge in [0.25, 0.3) is 0 Å². The van der Waals surface area contributed by atoms with Crippen LogP contribution in [0.25, 0.3) is 0 Å². The highest BCUT2D eigenvalue weighted by molar-refractivity contribution is 6.53. The Labute approximate surface area is 145 Å². The summed E-state index contributed by atoms with van der Waals surface area (Å²) < 4.78 is 0. The Kier molecular flexibility index (Phi) is 7.16. The van der Waals surface area contributed by atoms with E-state index in [1.807, 2.05) is 0 Å². The molecule has 1 aromatic heterocycles. The molecule has 0 N–H and O–H groups in total. The molecule has 0 radical (unpaired) electrons. The standard InChI is InChI=1S/C20H37BN2/c1-9-11-23(12-10-2)18-16(3)13-17(14-22-18)21-15-20(7,8)19(4,5)6/h13-14,21H,9-12,15H2,1-8H3. The Morgan fingerprint density at radius 1 is 1.04 bits per heavy atom. The largest absolute Gasteiger partial charge is 0.356 e. The Bertz CT molecular complexity index is 483. The SMILES string of the molecule is CCCN(CCC)c1ncc(BCC(C)(C)C(C)(C)C)cc1C. The lowest BCUT2D eigenvalue weighted by molar-refractivity contribution is 0.157. The van der Waals surface area contributed by atoms with Crippen molar-refractivity contribution in [2.45, 2.75) is 74.6 Å². The van der Waals surface area contributed by atoms with Gasteiger partial charge in [0.1, 0.15) is 5.82 Å². The molecule has 0 aliphatic heterocycles. The third kappa shape index (κ3) is 5.55. The average molecular weight is 316 g/mol. The lowest BCUT2D eigenvalue weighted by Gasteiger charge is -2.39. The van der Waals surface area contributed by atoms with Gasteiger partial charge in [0.2, 0.25) is 0 Å². The minimum Gasteiger partial charge on any atom is -0.356 e. The monoisotopic (exact) mass is 316 g/mol. The van der Waals surface area contributed by atoms with Crippen LogP contribution in [0.5, 0.6) is 0 Å². The molecule has 1 heterocycles. The van der Waals surface area contributed by atoms with Crippen LogP contribution in [-0.2, 0) is 0 Å². The molecule has 0 saturated heterocycles. The number of hydrogen-bond acceptors (Lipinski definition) is 2. The van der Waals surface area contributed by atoms with Gasteiger partial charge in [-0.3, -0.25) is 0 Å². The van der Waals surface area contributed by atoms with Crippen molar-refractivity contribution in [3.63, 3.8) is 0 Å². The van der Waals surface area contributed by atoms with Gasteiger partial charge in [-0.25, -0.2) is 4.98 Å². The van der Waals surface area contributed by atoms with E-state index in [0.717, 1.165) is 20.4 Å². The second-order valence-corrected chi connectivity index (χ2v) is 8.61. The van der Waals surface area contributed by atoms with E-state index >= 15 is 0 Å². The molecule has 1 aromatic rings.